The van der Waals surface area contributed by atoms with Crippen LogP contribution in [0, 0.1) is 24.0 Å². The molecular weight excluding hydrogens is 440 g/mol. The van der Waals surface area contributed by atoms with E-state index in [4.69, 9.17) is 9.15 Å². The zero-order chi connectivity index (χ0) is 24.2. The molecule has 0 aliphatic heterocycles. The van der Waals surface area contributed by atoms with Crippen molar-refractivity contribution < 1.29 is 18.9 Å². The van der Waals surface area contributed by atoms with Gasteiger partial charge >= 0.3 is 0 Å². The van der Waals surface area contributed by atoms with Crippen LogP contribution in [0.25, 0.3) is 0 Å². The van der Waals surface area contributed by atoms with Crippen LogP contribution in [-0.2, 0) is 19.7 Å². The molecule has 3 aromatic heterocycles. The van der Waals surface area contributed by atoms with Crippen molar-refractivity contribution in [2.75, 3.05) is 5.32 Å². The Hall–Kier alpha value is -4.41. The van der Waals surface area contributed by atoms with Crippen LogP contribution in [0.2, 0.25) is 0 Å². The fraction of sp³-hybridized carbons (Fsp3) is 0.261. The van der Waals surface area contributed by atoms with Gasteiger partial charge in [-0.05, 0) is 45.0 Å². The summed E-state index contributed by atoms with van der Waals surface area (Å²) in [4.78, 5) is 23.0. The number of hydrogen-bond acceptors (Lipinski definition) is 7. The minimum absolute atomic E-state index is 0.0267. The first-order chi connectivity index (χ1) is 16.3. The second-order valence-corrected chi connectivity index (χ2v) is 7.71. The van der Waals surface area contributed by atoms with Crippen molar-refractivity contribution >= 4 is 17.3 Å². The maximum Gasteiger partial charge on any atom is 0.291 e. The summed E-state index contributed by atoms with van der Waals surface area (Å²) in [6.07, 6.45) is 5.13. The Labute approximate surface area is 195 Å². The van der Waals surface area contributed by atoms with Crippen LogP contribution in [0.15, 0.2) is 53.3 Å². The average molecular weight is 464 g/mol. The van der Waals surface area contributed by atoms with Crippen molar-refractivity contribution in [1.29, 1.82) is 0 Å². The van der Waals surface area contributed by atoms with Gasteiger partial charge in [-0.1, -0.05) is 0 Å². The number of nitrogens with zero attached hydrogens (tertiary/aromatic N) is 5. The number of hydrogen-bond donors (Lipinski definition) is 1. The number of carbonyl (C=O) groups excluding carboxylic acids is 1. The number of nitro benzene ring substituents is 1. The van der Waals surface area contributed by atoms with Gasteiger partial charge in [0, 0.05) is 35.6 Å². The largest absolute Gasteiger partial charge is 0.486 e. The van der Waals surface area contributed by atoms with E-state index in [0.717, 1.165) is 17.8 Å². The molecule has 11 nitrogen and oxygen atoms in total. The first kappa shape index (κ1) is 22.8. The van der Waals surface area contributed by atoms with Crippen LogP contribution in [0.3, 0.4) is 0 Å². The van der Waals surface area contributed by atoms with Crippen molar-refractivity contribution in [2.45, 2.75) is 40.5 Å². The Morgan fingerprint density at radius 1 is 1.21 bits per heavy atom. The third-order valence-corrected chi connectivity index (χ3v) is 5.36. The van der Waals surface area contributed by atoms with Crippen molar-refractivity contribution in [1.82, 2.24) is 19.6 Å². The van der Waals surface area contributed by atoms with Crippen molar-refractivity contribution in [3.63, 3.8) is 0 Å². The predicted octanol–water partition coefficient (Wildman–Crippen LogP) is 4.10. The van der Waals surface area contributed by atoms with Gasteiger partial charge in [-0.3, -0.25) is 24.3 Å². The van der Waals surface area contributed by atoms with E-state index in [1.54, 1.807) is 42.2 Å². The summed E-state index contributed by atoms with van der Waals surface area (Å²) < 4.78 is 14.9. The fourth-order valence-corrected chi connectivity index (χ4v) is 3.50. The molecule has 4 rings (SSSR count). The highest BCUT2D eigenvalue weighted by atomic mass is 16.6. The highest BCUT2D eigenvalue weighted by Gasteiger charge is 2.15. The number of amides is 1. The van der Waals surface area contributed by atoms with E-state index >= 15 is 0 Å². The zero-order valence-electron chi connectivity index (χ0n) is 19.0. The molecule has 0 saturated carbocycles. The molecule has 34 heavy (non-hydrogen) atoms. The van der Waals surface area contributed by atoms with E-state index in [1.165, 1.54) is 12.1 Å². The van der Waals surface area contributed by atoms with Crippen molar-refractivity contribution in [3.8, 4) is 5.75 Å². The number of carbonyl (C=O) groups is 1. The van der Waals surface area contributed by atoms with Gasteiger partial charge in [0.05, 0.1) is 29.5 Å². The number of nitrogens with one attached hydrogen (secondary N) is 1. The summed E-state index contributed by atoms with van der Waals surface area (Å²) in [5.41, 5.74) is 3.20. The van der Waals surface area contributed by atoms with E-state index in [0.29, 0.717) is 29.3 Å². The second-order valence-electron chi connectivity index (χ2n) is 7.71. The Kier molecular flexibility index (Phi) is 6.44. The number of nitro groups is 1. The summed E-state index contributed by atoms with van der Waals surface area (Å²) in [6.45, 7) is 7.12. The normalized spacial score (nSPS) is 10.9. The number of ether oxygens (including phenoxy) is 1. The molecule has 1 N–H and O–H groups in total. The molecule has 0 aliphatic rings. The number of rotatable bonds is 9. The molecule has 0 saturated heterocycles. The molecule has 0 atom stereocenters. The van der Waals surface area contributed by atoms with Crippen molar-refractivity contribution in [3.05, 3.63) is 87.4 Å². The minimum Gasteiger partial charge on any atom is -0.486 e. The highest BCUT2D eigenvalue weighted by molar-refractivity contribution is 6.02. The summed E-state index contributed by atoms with van der Waals surface area (Å²) in [5.74, 6) is 0.635. The lowest BCUT2D eigenvalue weighted by Crippen LogP contribution is -2.10. The van der Waals surface area contributed by atoms with E-state index in [-0.39, 0.29) is 18.1 Å². The molecule has 0 aliphatic carbocycles. The van der Waals surface area contributed by atoms with E-state index < -0.39 is 10.8 Å². The highest BCUT2D eigenvalue weighted by Crippen LogP contribution is 2.24. The lowest BCUT2D eigenvalue weighted by atomic mass is 10.2. The third-order valence-electron chi connectivity index (χ3n) is 5.36. The molecule has 0 bridgehead atoms. The van der Waals surface area contributed by atoms with Gasteiger partial charge in [0.25, 0.3) is 11.6 Å². The summed E-state index contributed by atoms with van der Waals surface area (Å²) >= 11 is 0. The summed E-state index contributed by atoms with van der Waals surface area (Å²) in [5, 5.41) is 22.3. The number of anilines is 1. The third kappa shape index (κ3) is 4.98. The monoisotopic (exact) mass is 464 g/mol. The Morgan fingerprint density at radius 3 is 2.74 bits per heavy atom. The molecule has 0 spiro atoms. The van der Waals surface area contributed by atoms with Gasteiger partial charge in [0.15, 0.2) is 5.76 Å². The van der Waals surface area contributed by atoms with Crippen LogP contribution >= 0.6 is 0 Å². The molecule has 4 aromatic rings. The molecule has 1 amide bonds. The zero-order valence-corrected chi connectivity index (χ0v) is 19.0. The average Bonchev–Trinajstić information content (AvgIpc) is 3.53. The Morgan fingerprint density at radius 2 is 2.03 bits per heavy atom. The van der Waals surface area contributed by atoms with E-state index in [9.17, 15) is 14.9 Å². The first-order valence-corrected chi connectivity index (χ1v) is 10.7. The Balaban J connectivity index is 1.33. The van der Waals surface area contributed by atoms with Gasteiger partial charge in [0.2, 0.25) is 0 Å². The van der Waals surface area contributed by atoms with E-state index in [2.05, 4.69) is 15.5 Å². The molecule has 3 heterocycles. The smallest absolute Gasteiger partial charge is 0.291 e. The fourth-order valence-electron chi connectivity index (χ4n) is 3.50. The SMILES string of the molecule is CCn1ncc(Cn2cc(NC(=O)c3ccc(COc4ccc([N+](=O)[O-])c(C)c4)o3)cn2)c1C. The number of furan rings is 1. The van der Waals surface area contributed by atoms with Gasteiger partial charge in [0.1, 0.15) is 18.1 Å². The molecule has 176 valence electrons. The topological polar surface area (TPSA) is 130 Å². The minimum atomic E-state index is -0.443. The first-order valence-electron chi connectivity index (χ1n) is 10.7. The molecule has 11 heteroatoms. The quantitative estimate of drug-likeness (QED) is 0.291. The van der Waals surface area contributed by atoms with Crippen LogP contribution < -0.4 is 10.1 Å². The molecule has 0 radical (unpaired) electrons. The number of aryl methyl sites for hydroxylation is 2. The predicted molar refractivity (Wildman–Crippen MR) is 123 cm³/mol. The standard InChI is InChI=1S/C23H24N6O5/c1-4-28-16(3)17(10-25-28)12-27-13-18(11-24-27)26-23(30)22-8-6-20(34-22)14-33-19-5-7-21(29(31)32)15(2)9-19/h5-11,13H,4,12,14H2,1-3H3,(H,26,30). The summed E-state index contributed by atoms with van der Waals surface area (Å²) in [6, 6.07) is 7.70. The molecule has 1 aromatic carbocycles. The summed E-state index contributed by atoms with van der Waals surface area (Å²) in [7, 11) is 0. The lowest BCUT2D eigenvalue weighted by Gasteiger charge is -2.05. The van der Waals surface area contributed by atoms with Gasteiger partial charge in [-0.2, -0.15) is 10.2 Å². The molecule has 0 fully saturated rings. The van der Waals surface area contributed by atoms with Crippen LogP contribution in [0.1, 0.15) is 40.1 Å². The lowest BCUT2D eigenvalue weighted by molar-refractivity contribution is -0.385. The number of aromatic nitrogens is 4. The van der Waals surface area contributed by atoms with Gasteiger partial charge in [-0.15, -0.1) is 0 Å². The van der Waals surface area contributed by atoms with Gasteiger partial charge in [-0.25, -0.2) is 0 Å². The van der Waals surface area contributed by atoms with E-state index in [1.807, 2.05) is 24.7 Å². The van der Waals surface area contributed by atoms with Crippen LogP contribution in [0.4, 0.5) is 11.4 Å². The maximum atomic E-state index is 12.6. The van der Waals surface area contributed by atoms with Gasteiger partial charge < -0.3 is 14.5 Å². The van der Waals surface area contributed by atoms with Crippen molar-refractivity contribution in [2.24, 2.45) is 0 Å². The molecule has 0 unspecified atom stereocenters. The number of benzene rings is 1. The van der Waals surface area contributed by atoms with Crippen LogP contribution in [-0.4, -0.2) is 30.4 Å². The van der Waals surface area contributed by atoms with Crippen LogP contribution in [0.5, 0.6) is 5.75 Å². The maximum absolute atomic E-state index is 12.6. The molecular formula is C23H24N6O5. The Bertz CT molecular complexity index is 1340. The second kappa shape index (κ2) is 9.61.